The fourth-order valence-electron chi connectivity index (χ4n) is 6.52. The highest BCUT2D eigenvalue weighted by Crippen LogP contribution is 2.37. The molecule has 3 unspecified atom stereocenters. The van der Waals surface area contributed by atoms with Crippen molar-refractivity contribution in [2.45, 2.75) is 69.2 Å². The van der Waals surface area contributed by atoms with Gasteiger partial charge in [-0.1, -0.05) is 35.3 Å². The predicted octanol–water partition coefficient (Wildman–Crippen LogP) is 4.97. The standard InChI is InChI=1S/C29H32Cl2N2O4/c30-26-12-20(17-1-3-18(4-2-17)28(35)33-15-24-14-22(33)16-37-24)13-27(31)25(26)11-19-9-10-32(29(19)36)21-5-7-23(34)8-6-21/h1-4,12-13,19,21-24,34H,5-11,14-16H2. The van der Waals surface area contributed by atoms with E-state index in [1.807, 2.05) is 46.2 Å². The number of ether oxygens (including phenoxy) is 1. The van der Waals surface area contributed by atoms with Crippen molar-refractivity contribution in [1.29, 1.82) is 0 Å². The Morgan fingerprint density at radius 3 is 2.30 bits per heavy atom. The van der Waals surface area contributed by atoms with Crippen LogP contribution in [-0.4, -0.2) is 70.7 Å². The first kappa shape index (κ1) is 25.2. The third kappa shape index (κ3) is 4.89. The Morgan fingerprint density at radius 1 is 0.973 bits per heavy atom. The molecule has 8 heteroatoms. The molecule has 3 saturated heterocycles. The zero-order chi connectivity index (χ0) is 25.7. The van der Waals surface area contributed by atoms with Crippen LogP contribution >= 0.6 is 23.2 Å². The minimum atomic E-state index is -0.229. The van der Waals surface area contributed by atoms with Crippen LogP contribution in [0.3, 0.4) is 0 Å². The summed E-state index contributed by atoms with van der Waals surface area (Å²) in [5, 5.41) is 10.9. The van der Waals surface area contributed by atoms with Crippen LogP contribution in [0.15, 0.2) is 36.4 Å². The molecule has 0 spiro atoms. The maximum absolute atomic E-state index is 13.2. The van der Waals surface area contributed by atoms with Crippen LogP contribution in [0.4, 0.5) is 0 Å². The van der Waals surface area contributed by atoms with Gasteiger partial charge in [-0.2, -0.15) is 0 Å². The molecule has 3 atom stereocenters. The van der Waals surface area contributed by atoms with E-state index in [2.05, 4.69) is 0 Å². The number of benzene rings is 2. The van der Waals surface area contributed by atoms with E-state index >= 15 is 0 Å². The molecular weight excluding hydrogens is 511 g/mol. The molecule has 0 aromatic heterocycles. The summed E-state index contributed by atoms with van der Waals surface area (Å²) in [5.74, 6) is 0.105. The van der Waals surface area contributed by atoms with E-state index in [4.69, 9.17) is 27.9 Å². The lowest BCUT2D eigenvalue weighted by atomic mass is 9.92. The highest BCUT2D eigenvalue weighted by molar-refractivity contribution is 6.36. The van der Waals surface area contributed by atoms with Gasteiger partial charge in [0.25, 0.3) is 5.91 Å². The molecule has 37 heavy (non-hydrogen) atoms. The van der Waals surface area contributed by atoms with Crippen molar-refractivity contribution < 1.29 is 19.4 Å². The van der Waals surface area contributed by atoms with Crippen molar-refractivity contribution in [2.24, 2.45) is 5.92 Å². The molecule has 1 saturated carbocycles. The Labute approximate surface area is 227 Å². The molecule has 2 aromatic rings. The molecule has 4 fully saturated rings. The molecule has 2 bridgehead atoms. The van der Waals surface area contributed by atoms with Crippen LogP contribution in [0.5, 0.6) is 0 Å². The van der Waals surface area contributed by atoms with Crippen LogP contribution in [0.1, 0.15) is 54.4 Å². The van der Waals surface area contributed by atoms with Gasteiger partial charge in [-0.05, 0) is 85.9 Å². The summed E-state index contributed by atoms with van der Waals surface area (Å²) < 4.78 is 5.61. The van der Waals surface area contributed by atoms with E-state index < -0.39 is 0 Å². The minimum Gasteiger partial charge on any atom is -0.393 e. The number of morpholine rings is 1. The van der Waals surface area contributed by atoms with Gasteiger partial charge in [0.2, 0.25) is 5.91 Å². The third-order valence-electron chi connectivity index (χ3n) is 8.68. The summed E-state index contributed by atoms with van der Waals surface area (Å²) >= 11 is 13.4. The van der Waals surface area contributed by atoms with Crippen molar-refractivity contribution in [3.05, 3.63) is 57.6 Å². The summed E-state index contributed by atoms with van der Waals surface area (Å²) in [4.78, 5) is 30.1. The topological polar surface area (TPSA) is 70.1 Å². The number of carbonyl (C=O) groups is 2. The van der Waals surface area contributed by atoms with Crippen LogP contribution in [0, 0.1) is 5.92 Å². The third-order valence-corrected chi connectivity index (χ3v) is 9.35. The predicted molar refractivity (Wildman–Crippen MR) is 143 cm³/mol. The first-order valence-corrected chi connectivity index (χ1v) is 14.1. The Kier molecular flexibility index (Phi) is 6.95. The summed E-state index contributed by atoms with van der Waals surface area (Å²) in [7, 11) is 0. The van der Waals surface area contributed by atoms with Crippen molar-refractivity contribution in [3.8, 4) is 11.1 Å². The Hall–Kier alpha value is -2.12. The molecule has 1 N–H and O–H groups in total. The monoisotopic (exact) mass is 542 g/mol. The lowest BCUT2D eigenvalue weighted by Crippen LogP contribution is -2.41. The molecule has 6 nitrogen and oxygen atoms in total. The van der Waals surface area contributed by atoms with E-state index in [0.29, 0.717) is 35.2 Å². The van der Waals surface area contributed by atoms with E-state index in [0.717, 1.165) is 61.8 Å². The number of nitrogens with zero attached hydrogens (tertiary/aromatic N) is 2. The van der Waals surface area contributed by atoms with Gasteiger partial charge >= 0.3 is 0 Å². The highest BCUT2D eigenvalue weighted by atomic mass is 35.5. The van der Waals surface area contributed by atoms with E-state index in [9.17, 15) is 14.7 Å². The maximum atomic E-state index is 13.2. The van der Waals surface area contributed by atoms with Gasteiger partial charge < -0.3 is 19.6 Å². The quantitative estimate of drug-likeness (QED) is 0.579. The molecule has 0 radical (unpaired) electrons. The van der Waals surface area contributed by atoms with Crippen molar-refractivity contribution >= 4 is 35.0 Å². The number of rotatable bonds is 5. The van der Waals surface area contributed by atoms with Crippen LogP contribution in [0.2, 0.25) is 10.0 Å². The fraction of sp³-hybridized carbons (Fsp3) is 0.517. The molecule has 4 aliphatic rings. The van der Waals surface area contributed by atoms with Gasteiger partial charge in [-0.15, -0.1) is 0 Å². The molecule has 3 heterocycles. The Bertz CT molecular complexity index is 1170. The normalized spacial score (nSPS) is 29.4. The number of fused-ring (bicyclic) bond motifs is 2. The second kappa shape index (κ2) is 10.2. The van der Waals surface area contributed by atoms with Crippen LogP contribution < -0.4 is 0 Å². The largest absolute Gasteiger partial charge is 0.393 e. The lowest BCUT2D eigenvalue weighted by molar-refractivity contribution is -0.133. The molecule has 2 amide bonds. The zero-order valence-corrected chi connectivity index (χ0v) is 22.3. The van der Waals surface area contributed by atoms with E-state index in [1.54, 1.807) is 0 Å². The van der Waals surface area contributed by atoms with Gasteiger partial charge in [-0.25, -0.2) is 0 Å². The van der Waals surface area contributed by atoms with Gasteiger partial charge in [0.1, 0.15) is 0 Å². The maximum Gasteiger partial charge on any atom is 0.254 e. The second-order valence-corrected chi connectivity index (χ2v) is 11.8. The smallest absolute Gasteiger partial charge is 0.254 e. The lowest BCUT2D eigenvalue weighted by Gasteiger charge is -2.33. The Morgan fingerprint density at radius 2 is 1.68 bits per heavy atom. The molecule has 196 valence electrons. The minimum absolute atomic E-state index is 0.0495. The molecule has 1 aliphatic carbocycles. The summed E-state index contributed by atoms with van der Waals surface area (Å²) in [5.41, 5.74) is 3.29. The number of aliphatic hydroxyl groups excluding tert-OH is 1. The second-order valence-electron chi connectivity index (χ2n) is 11.0. The number of hydrogen-bond donors (Lipinski definition) is 1. The van der Waals surface area contributed by atoms with Crippen molar-refractivity contribution in [1.82, 2.24) is 9.80 Å². The van der Waals surface area contributed by atoms with Gasteiger partial charge in [-0.3, -0.25) is 9.59 Å². The Balaban J connectivity index is 1.13. The SMILES string of the molecule is O=C(c1ccc(-c2cc(Cl)c(CC3CCN(C4CCC(O)CC4)C3=O)c(Cl)c2)cc1)N1CC2CC1CO2. The first-order valence-electron chi connectivity index (χ1n) is 13.4. The number of carbonyl (C=O) groups excluding carboxylic acids is 2. The van der Waals surface area contributed by atoms with E-state index in [-0.39, 0.29) is 42.0 Å². The average Bonchev–Trinajstić information content (AvgIpc) is 3.63. The van der Waals surface area contributed by atoms with E-state index in [1.165, 1.54) is 0 Å². The van der Waals surface area contributed by atoms with Crippen LogP contribution in [-0.2, 0) is 16.0 Å². The number of likely N-dealkylation sites (tertiary alicyclic amines) is 2. The summed E-state index contributed by atoms with van der Waals surface area (Å²) in [6, 6.07) is 11.8. The highest BCUT2D eigenvalue weighted by Gasteiger charge is 2.41. The summed E-state index contributed by atoms with van der Waals surface area (Å²) in [6.45, 7) is 2.06. The fourth-order valence-corrected chi connectivity index (χ4v) is 7.16. The molecule has 6 rings (SSSR count). The van der Waals surface area contributed by atoms with Crippen molar-refractivity contribution in [3.63, 3.8) is 0 Å². The number of aliphatic hydroxyl groups is 1. The number of amides is 2. The molecule has 3 aliphatic heterocycles. The van der Waals surface area contributed by atoms with Gasteiger partial charge in [0.05, 0.1) is 24.9 Å². The summed E-state index contributed by atoms with van der Waals surface area (Å²) in [6.07, 6.45) is 5.48. The van der Waals surface area contributed by atoms with Gasteiger partial charge in [0.15, 0.2) is 0 Å². The molecular formula is C29H32Cl2N2O4. The molecule has 2 aromatic carbocycles. The zero-order valence-electron chi connectivity index (χ0n) is 20.7. The van der Waals surface area contributed by atoms with Crippen molar-refractivity contribution in [2.75, 3.05) is 19.7 Å². The van der Waals surface area contributed by atoms with Gasteiger partial charge in [0, 0.05) is 40.7 Å². The number of halogens is 2. The first-order chi connectivity index (χ1) is 17.9. The average molecular weight is 543 g/mol. The van der Waals surface area contributed by atoms with Crippen LogP contribution in [0.25, 0.3) is 11.1 Å². The number of hydrogen-bond acceptors (Lipinski definition) is 4.